The van der Waals surface area contributed by atoms with Crippen LogP contribution in [0.15, 0.2) is 67.0 Å². The number of aromatic nitrogens is 1. The zero-order valence-electron chi connectivity index (χ0n) is 16.8. The van der Waals surface area contributed by atoms with Crippen LogP contribution in [0.3, 0.4) is 0 Å². The molecule has 0 atom stereocenters. The minimum Gasteiger partial charge on any atom is -0.398 e. The third kappa shape index (κ3) is 4.55. The van der Waals surface area contributed by atoms with Gasteiger partial charge in [-0.3, -0.25) is 20.1 Å². The highest BCUT2D eigenvalue weighted by molar-refractivity contribution is 6.48. The van der Waals surface area contributed by atoms with Gasteiger partial charge in [-0.25, -0.2) is 0 Å². The van der Waals surface area contributed by atoms with E-state index in [9.17, 15) is 4.79 Å². The standard InChI is InChI=1S/C24H25N5O/c25-22-9-8-19(18-6-3-5-17(13-18)16-29-11-1-2-12-29)14-21(22)23(26)24(30)28-20-7-4-10-27-15-20/h3-10,13-15,26H,1-2,11-12,16,25H2,(H,28,30). The zero-order valence-corrected chi connectivity index (χ0v) is 16.8. The first-order valence-corrected chi connectivity index (χ1v) is 10.1. The largest absolute Gasteiger partial charge is 0.398 e. The van der Waals surface area contributed by atoms with Crippen LogP contribution < -0.4 is 11.1 Å². The predicted octanol–water partition coefficient (Wildman–Crippen LogP) is 3.93. The van der Waals surface area contributed by atoms with Gasteiger partial charge >= 0.3 is 0 Å². The lowest BCUT2D eigenvalue weighted by molar-refractivity contribution is -0.110. The Balaban J connectivity index is 1.55. The molecular formula is C24H25N5O. The van der Waals surface area contributed by atoms with Crippen molar-refractivity contribution in [3.8, 4) is 11.1 Å². The molecule has 30 heavy (non-hydrogen) atoms. The summed E-state index contributed by atoms with van der Waals surface area (Å²) in [7, 11) is 0. The van der Waals surface area contributed by atoms with Crippen molar-refractivity contribution >= 4 is 23.0 Å². The van der Waals surface area contributed by atoms with E-state index in [2.05, 4.69) is 33.4 Å². The maximum absolute atomic E-state index is 12.5. The van der Waals surface area contributed by atoms with Crippen LogP contribution in [0.2, 0.25) is 0 Å². The lowest BCUT2D eigenvalue weighted by Crippen LogP contribution is -2.24. The molecule has 0 spiro atoms. The van der Waals surface area contributed by atoms with Crippen LogP contribution >= 0.6 is 0 Å². The van der Waals surface area contributed by atoms with E-state index in [1.807, 2.05) is 18.2 Å². The molecule has 0 bridgehead atoms. The van der Waals surface area contributed by atoms with E-state index in [1.54, 1.807) is 24.4 Å². The Morgan fingerprint density at radius 3 is 2.63 bits per heavy atom. The third-order valence-electron chi connectivity index (χ3n) is 5.33. The predicted molar refractivity (Wildman–Crippen MR) is 120 cm³/mol. The second-order valence-electron chi connectivity index (χ2n) is 7.56. The number of amides is 1. The molecule has 0 unspecified atom stereocenters. The first kappa shape index (κ1) is 19.8. The number of carbonyl (C=O) groups excluding carboxylic acids is 1. The number of likely N-dealkylation sites (tertiary alicyclic amines) is 1. The van der Waals surface area contributed by atoms with E-state index in [0.717, 1.165) is 30.8 Å². The Bertz CT molecular complexity index is 1060. The summed E-state index contributed by atoms with van der Waals surface area (Å²) >= 11 is 0. The second kappa shape index (κ2) is 8.88. The summed E-state index contributed by atoms with van der Waals surface area (Å²) in [6.07, 6.45) is 5.70. The minimum absolute atomic E-state index is 0.175. The highest BCUT2D eigenvalue weighted by Gasteiger charge is 2.17. The smallest absolute Gasteiger partial charge is 0.274 e. The molecule has 3 aromatic rings. The van der Waals surface area contributed by atoms with Gasteiger partial charge in [-0.2, -0.15) is 0 Å². The monoisotopic (exact) mass is 399 g/mol. The summed E-state index contributed by atoms with van der Waals surface area (Å²) in [4.78, 5) is 19.0. The Hall–Kier alpha value is -3.51. The Morgan fingerprint density at radius 1 is 1.07 bits per heavy atom. The maximum Gasteiger partial charge on any atom is 0.274 e. The molecule has 1 aromatic heterocycles. The van der Waals surface area contributed by atoms with E-state index in [1.165, 1.54) is 24.6 Å². The first-order chi connectivity index (χ1) is 14.6. The molecule has 1 aliphatic rings. The van der Waals surface area contributed by atoms with Gasteiger partial charge in [0.15, 0.2) is 0 Å². The molecule has 4 rings (SSSR count). The molecular weight excluding hydrogens is 374 g/mol. The molecule has 0 aliphatic carbocycles. The molecule has 2 aromatic carbocycles. The summed E-state index contributed by atoms with van der Waals surface area (Å²) in [5, 5.41) is 11.0. The molecule has 2 heterocycles. The fourth-order valence-corrected chi connectivity index (χ4v) is 3.75. The van der Waals surface area contributed by atoms with Gasteiger partial charge in [0.2, 0.25) is 0 Å². The molecule has 1 saturated heterocycles. The van der Waals surface area contributed by atoms with Crippen molar-refractivity contribution in [1.29, 1.82) is 5.41 Å². The lowest BCUT2D eigenvalue weighted by atomic mass is 9.97. The number of anilines is 2. The first-order valence-electron chi connectivity index (χ1n) is 10.1. The fourth-order valence-electron chi connectivity index (χ4n) is 3.75. The molecule has 6 heteroatoms. The topological polar surface area (TPSA) is 95.1 Å². The SMILES string of the molecule is N=C(C(=O)Nc1cccnc1)c1cc(-c2cccc(CN3CCCC3)c2)ccc1N. The Morgan fingerprint density at radius 2 is 1.87 bits per heavy atom. The number of hydrogen-bond acceptors (Lipinski definition) is 5. The summed E-state index contributed by atoms with van der Waals surface area (Å²) in [6, 6.07) is 17.4. The number of hydrogen-bond donors (Lipinski definition) is 3. The summed E-state index contributed by atoms with van der Waals surface area (Å²) < 4.78 is 0. The third-order valence-corrected chi connectivity index (χ3v) is 5.33. The van der Waals surface area contributed by atoms with Crippen molar-refractivity contribution in [1.82, 2.24) is 9.88 Å². The molecule has 1 fully saturated rings. The molecule has 152 valence electrons. The van der Waals surface area contributed by atoms with Crippen molar-refractivity contribution < 1.29 is 4.79 Å². The number of nitrogens with zero attached hydrogens (tertiary/aromatic N) is 2. The van der Waals surface area contributed by atoms with Crippen molar-refractivity contribution in [2.24, 2.45) is 0 Å². The number of carbonyl (C=O) groups is 1. The Kier molecular flexibility index (Phi) is 5.86. The van der Waals surface area contributed by atoms with Crippen molar-refractivity contribution in [2.45, 2.75) is 19.4 Å². The quantitative estimate of drug-likeness (QED) is 0.432. The van der Waals surface area contributed by atoms with E-state index >= 15 is 0 Å². The normalized spacial score (nSPS) is 13.9. The van der Waals surface area contributed by atoms with E-state index in [-0.39, 0.29) is 5.71 Å². The summed E-state index contributed by atoms with van der Waals surface area (Å²) in [6.45, 7) is 3.25. The fraction of sp³-hybridized carbons (Fsp3) is 0.208. The van der Waals surface area contributed by atoms with Gasteiger partial charge in [0.25, 0.3) is 5.91 Å². The lowest BCUT2D eigenvalue weighted by Gasteiger charge is -2.15. The molecule has 1 amide bonds. The van der Waals surface area contributed by atoms with Crippen molar-refractivity contribution in [2.75, 3.05) is 24.1 Å². The van der Waals surface area contributed by atoms with Crippen LogP contribution in [0.25, 0.3) is 11.1 Å². The summed E-state index contributed by atoms with van der Waals surface area (Å²) in [5.74, 6) is -0.519. The van der Waals surface area contributed by atoms with Gasteiger partial charge < -0.3 is 11.1 Å². The molecule has 0 saturated carbocycles. The van der Waals surface area contributed by atoms with Gasteiger partial charge in [-0.1, -0.05) is 24.3 Å². The van der Waals surface area contributed by atoms with E-state index in [4.69, 9.17) is 11.1 Å². The van der Waals surface area contributed by atoms with E-state index < -0.39 is 5.91 Å². The van der Waals surface area contributed by atoms with Gasteiger partial charge in [0.1, 0.15) is 5.71 Å². The van der Waals surface area contributed by atoms with Crippen LogP contribution in [0.1, 0.15) is 24.0 Å². The van der Waals surface area contributed by atoms with Gasteiger partial charge in [-0.15, -0.1) is 0 Å². The van der Waals surface area contributed by atoms with Crippen LogP contribution in [0, 0.1) is 5.41 Å². The Labute approximate surface area is 176 Å². The van der Waals surface area contributed by atoms with Gasteiger partial charge in [0.05, 0.1) is 11.9 Å². The summed E-state index contributed by atoms with van der Waals surface area (Å²) in [5.41, 5.74) is 10.5. The van der Waals surface area contributed by atoms with Gasteiger partial charge in [-0.05, 0) is 73.0 Å². The number of rotatable bonds is 6. The second-order valence-corrected chi connectivity index (χ2v) is 7.56. The number of nitrogens with one attached hydrogen (secondary N) is 2. The van der Waals surface area contributed by atoms with E-state index in [0.29, 0.717) is 16.9 Å². The van der Waals surface area contributed by atoms with Crippen LogP contribution in [-0.2, 0) is 11.3 Å². The average molecular weight is 399 g/mol. The van der Waals surface area contributed by atoms with Crippen LogP contribution in [0.4, 0.5) is 11.4 Å². The van der Waals surface area contributed by atoms with Crippen LogP contribution in [-0.4, -0.2) is 34.6 Å². The number of nitrogen functional groups attached to an aromatic ring is 1. The zero-order chi connectivity index (χ0) is 20.9. The van der Waals surface area contributed by atoms with Crippen LogP contribution in [0.5, 0.6) is 0 Å². The number of pyridine rings is 1. The molecule has 1 aliphatic heterocycles. The minimum atomic E-state index is -0.519. The molecule has 4 N–H and O–H groups in total. The molecule has 0 radical (unpaired) electrons. The van der Waals surface area contributed by atoms with Crippen molar-refractivity contribution in [3.05, 3.63) is 78.1 Å². The number of nitrogens with two attached hydrogens (primary N) is 1. The number of benzene rings is 2. The van der Waals surface area contributed by atoms with Crippen molar-refractivity contribution in [3.63, 3.8) is 0 Å². The maximum atomic E-state index is 12.5. The molecule has 6 nitrogen and oxygen atoms in total. The highest BCUT2D eigenvalue weighted by atomic mass is 16.1. The van der Waals surface area contributed by atoms with Gasteiger partial charge in [0, 0.05) is 24.0 Å². The highest BCUT2D eigenvalue weighted by Crippen LogP contribution is 2.26. The average Bonchev–Trinajstić information content (AvgIpc) is 3.27.